The van der Waals surface area contributed by atoms with Gasteiger partial charge in [-0.05, 0) is 54.8 Å². The third kappa shape index (κ3) is 4.27. The summed E-state index contributed by atoms with van der Waals surface area (Å²) in [6.45, 7) is 9.35. The van der Waals surface area contributed by atoms with Crippen LogP contribution in [0.5, 0.6) is 23.0 Å². The molecule has 5 nitrogen and oxygen atoms in total. The summed E-state index contributed by atoms with van der Waals surface area (Å²) in [4.78, 5) is 12.3. The van der Waals surface area contributed by atoms with E-state index in [1.54, 1.807) is 7.11 Å². The van der Waals surface area contributed by atoms with Crippen molar-refractivity contribution in [3.63, 3.8) is 0 Å². The SMILES string of the molecule is CCc1cc2ccc3c(OC(C)=O)c(OC(C)C)c(-c4ccccc4)c(OC)c3c2c(O)c1CC. The van der Waals surface area contributed by atoms with E-state index in [1.807, 2.05) is 63.2 Å². The minimum atomic E-state index is -0.455. The van der Waals surface area contributed by atoms with Crippen molar-refractivity contribution in [3.8, 4) is 34.1 Å². The largest absolute Gasteiger partial charge is 0.507 e. The lowest BCUT2D eigenvalue weighted by Crippen LogP contribution is -2.11. The van der Waals surface area contributed by atoms with Gasteiger partial charge in [-0.3, -0.25) is 4.79 Å². The third-order valence-corrected chi connectivity index (χ3v) is 6.21. The third-order valence-electron chi connectivity index (χ3n) is 6.21. The molecule has 0 atom stereocenters. The standard InChI is InChI=1S/C30H32O5/c1-7-19-16-21-14-15-23-26(24(21)27(32)22(19)8-2)29(33-6)25(20-12-10-9-11-13-20)30(34-17(3)4)28(23)35-18(5)31/h9-17,32H,7-8H2,1-6H3. The first kappa shape index (κ1) is 24.4. The summed E-state index contributed by atoms with van der Waals surface area (Å²) in [5.41, 5.74) is 3.55. The molecule has 182 valence electrons. The zero-order valence-electron chi connectivity index (χ0n) is 21.2. The van der Waals surface area contributed by atoms with Crippen LogP contribution in [-0.2, 0) is 17.6 Å². The number of hydrogen-bond donors (Lipinski definition) is 1. The van der Waals surface area contributed by atoms with Crippen LogP contribution in [0.4, 0.5) is 0 Å². The quantitative estimate of drug-likeness (QED) is 0.175. The fourth-order valence-electron chi connectivity index (χ4n) is 4.84. The second kappa shape index (κ2) is 9.87. The van der Waals surface area contributed by atoms with E-state index < -0.39 is 5.97 Å². The predicted molar refractivity (Wildman–Crippen MR) is 141 cm³/mol. The van der Waals surface area contributed by atoms with Gasteiger partial charge in [-0.1, -0.05) is 56.3 Å². The molecular formula is C30H32O5. The topological polar surface area (TPSA) is 65.0 Å². The van der Waals surface area contributed by atoms with E-state index in [-0.39, 0.29) is 11.9 Å². The van der Waals surface area contributed by atoms with Crippen LogP contribution in [0.2, 0.25) is 0 Å². The number of fused-ring (bicyclic) bond motifs is 3. The minimum absolute atomic E-state index is 0.179. The Morgan fingerprint density at radius 1 is 0.943 bits per heavy atom. The molecule has 35 heavy (non-hydrogen) atoms. The molecule has 0 aromatic heterocycles. The lowest BCUT2D eigenvalue weighted by molar-refractivity contribution is -0.131. The van der Waals surface area contributed by atoms with Crippen molar-refractivity contribution in [1.29, 1.82) is 0 Å². The summed E-state index contributed by atoms with van der Waals surface area (Å²) < 4.78 is 18.2. The maximum atomic E-state index is 12.3. The Bertz CT molecular complexity index is 1400. The number of ether oxygens (including phenoxy) is 3. The first-order valence-corrected chi connectivity index (χ1v) is 12.1. The number of phenolic OH excluding ortho intramolecular Hbond substituents is 1. The van der Waals surface area contributed by atoms with Crippen molar-refractivity contribution >= 4 is 27.5 Å². The molecule has 0 fully saturated rings. The maximum absolute atomic E-state index is 12.3. The Hall–Kier alpha value is -3.73. The van der Waals surface area contributed by atoms with Crippen LogP contribution in [0.3, 0.4) is 0 Å². The van der Waals surface area contributed by atoms with Crippen molar-refractivity contribution in [2.45, 2.75) is 53.6 Å². The Morgan fingerprint density at radius 3 is 2.23 bits per heavy atom. The Kier molecular flexibility index (Phi) is 6.88. The molecular weight excluding hydrogens is 440 g/mol. The van der Waals surface area contributed by atoms with Crippen molar-refractivity contribution in [3.05, 3.63) is 59.7 Å². The number of benzene rings is 4. The van der Waals surface area contributed by atoms with Crippen LogP contribution >= 0.6 is 0 Å². The Balaban J connectivity index is 2.31. The van der Waals surface area contributed by atoms with Crippen LogP contribution < -0.4 is 14.2 Å². The van der Waals surface area contributed by atoms with Gasteiger partial charge in [0.2, 0.25) is 0 Å². The van der Waals surface area contributed by atoms with Gasteiger partial charge in [0.15, 0.2) is 11.5 Å². The van der Waals surface area contributed by atoms with E-state index in [0.29, 0.717) is 45.4 Å². The average Bonchev–Trinajstić information content (AvgIpc) is 2.84. The van der Waals surface area contributed by atoms with E-state index >= 15 is 0 Å². The summed E-state index contributed by atoms with van der Waals surface area (Å²) in [6.07, 6.45) is 1.33. The van der Waals surface area contributed by atoms with E-state index in [4.69, 9.17) is 14.2 Å². The second-order valence-corrected chi connectivity index (χ2v) is 8.85. The molecule has 0 spiro atoms. The molecule has 0 heterocycles. The van der Waals surface area contributed by atoms with Gasteiger partial charge in [-0.15, -0.1) is 0 Å². The minimum Gasteiger partial charge on any atom is -0.507 e. The number of phenols is 1. The average molecular weight is 473 g/mol. The smallest absolute Gasteiger partial charge is 0.308 e. The number of hydrogen-bond acceptors (Lipinski definition) is 5. The molecule has 0 saturated carbocycles. The molecule has 1 N–H and O–H groups in total. The molecule has 4 rings (SSSR count). The van der Waals surface area contributed by atoms with Gasteiger partial charge in [-0.2, -0.15) is 0 Å². The van der Waals surface area contributed by atoms with Gasteiger partial charge in [0.1, 0.15) is 11.5 Å². The fraction of sp³-hybridized carbons (Fsp3) is 0.300. The number of rotatable bonds is 7. The number of esters is 1. The highest BCUT2D eigenvalue weighted by molar-refractivity contribution is 6.19. The molecule has 0 aliphatic rings. The zero-order chi connectivity index (χ0) is 25.3. The number of aromatic hydroxyl groups is 1. The molecule has 4 aromatic carbocycles. The number of aryl methyl sites for hydroxylation is 1. The number of methoxy groups -OCH3 is 1. The molecule has 4 aromatic rings. The maximum Gasteiger partial charge on any atom is 0.308 e. The van der Waals surface area contributed by atoms with Crippen molar-refractivity contribution in [2.24, 2.45) is 0 Å². The van der Waals surface area contributed by atoms with Gasteiger partial charge in [0.05, 0.1) is 18.8 Å². The Labute approximate surface area is 206 Å². The van der Waals surface area contributed by atoms with Crippen molar-refractivity contribution in [1.82, 2.24) is 0 Å². The molecule has 0 unspecified atom stereocenters. The van der Waals surface area contributed by atoms with Crippen LogP contribution in [-0.4, -0.2) is 24.3 Å². The monoisotopic (exact) mass is 472 g/mol. The summed E-state index contributed by atoms with van der Waals surface area (Å²) in [7, 11) is 1.61. The summed E-state index contributed by atoms with van der Waals surface area (Å²) in [5, 5.41) is 14.4. The first-order valence-electron chi connectivity index (χ1n) is 12.1. The predicted octanol–water partition coefficient (Wildman–Crippen LogP) is 7.21. The van der Waals surface area contributed by atoms with Gasteiger partial charge >= 0.3 is 5.97 Å². The van der Waals surface area contributed by atoms with Gasteiger partial charge in [0, 0.05) is 23.1 Å². The van der Waals surface area contributed by atoms with E-state index in [9.17, 15) is 9.90 Å². The molecule has 0 bridgehead atoms. The lowest BCUT2D eigenvalue weighted by Gasteiger charge is -2.24. The van der Waals surface area contributed by atoms with E-state index in [1.165, 1.54) is 6.92 Å². The fourth-order valence-corrected chi connectivity index (χ4v) is 4.84. The Morgan fingerprint density at radius 2 is 1.66 bits per heavy atom. The lowest BCUT2D eigenvalue weighted by atomic mass is 9.90. The van der Waals surface area contributed by atoms with Gasteiger partial charge in [0.25, 0.3) is 0 Å². The number of carbonyl (C=O) groups is 1. The normalized spacial score (nSPS) is 11.3. The zero-order valence-corrected chi connectivity index (χ0v) is 21.2. The highest BCUT2D eigenvalue weighted by Crippen LogP contribution is 2.54. The molecule has 5 heteroatoms. The highest BCUT2D eigenvalue weighted by Gasteiger charge is 2.28. The van der Waals surface area contributed by atoms with Crippen LogP contribution in [0.25, 0.3) is 32.7 Å². The van der Waals surface area contributed by atoms with Gasteiger partial charge < -0.3 is 19.3 Å². The summed E-state index contributed by atoms with van der Waals surface area (Å²) >= 11 is 0. The highest BCUT2D eigenvalue weighted by atomic mass is 16.6. The molecule has 0 radical (unpaired) electrons. The molecule has 0 amide bonds. The molecule has 0 aliphatic carbocycles. The van der Waals surface area contributed by atoms with E-state index in [2.05, 4.69) is 13.0 Å². The van der Waals surface area contributed by atoms with Crippen LogP contribution in [0.15, 0.2) is 48.5 Å². The molecule has 0 saturated heterocycles. The summed E-state index contributed by atoms with van der Waals surface area (Å²) in [5.74, 6) is 1.09. The first-order chi connectivity index (χ1) is 16.8. The van der Waals surface area contributed by atoms with Crippen molar-refractivity contribution in [2.75, 3.05) is 7.11 Å². The number of carbonyl (C=O) groups excluding carboxylic acids is 1. The van der Waals surface area contributed by atoms with E-state index in [0.717, 1.165) is 28.5 Å². The van der Waals surface area contributed by atoms with Crippen LogP contribution in [0.1, 0.15) is 45.7 Å². The van der Waals surface area contributed by atoms with Gasteiger partial charge in [-0.25, -0.2) is 0 Å². The van der Waals surface area contributed by atoms with Crippen molar-refractivity contribution < 1.29 is 24.1 Å². The van der Waals surface area contributed by atoms with Crippen LogP contribution in [0, 0.1) is 0 Å². The molecule has 0 aliphatic heterocycles. The summed E-state index contributed by atoms with van der Waals surface area (Å²) in [6, 6.07) is 15.7. The second-order valence-electron chi connectivity index (χ2n) is 8.85.